The van der Waals surface area contributed by atoms with E-state index in [1.165, 1.54) is 13.2 Å². The molecule has 2 rings (SSSR count). The van der Waals surface area contributed by atoms with Crippen molar-refractivity contribution in [3.8, 4) is 0 Å². The Hall–Kier alpha value is -2.17. The number of oxazole rings is 1. The number of carbonyl (C=O) groups is 1. The Labute approximate surface area is 92.5 Å². The summed E-state index contributed by atoms with van der Waals surface area (Å²) in [5.41, 5.74) is 0.599. The van der Waals surface area contributed by atoms with E-state index in [0.717, 1.165) is 0 Å². The summed E-state index contributed by atoms with van der Waals surface area (Å²) in [6, 6.07) is 3.48. The smallest absolute Gasteiger partial charge is 0.213 e. The first-order valence-corrected chi connectivity index (χ1v) is 4.85. The Kier molecular flexibility index (Phi) is 2.95. The number of anilines is 1. The van der Waals surface area contributed by atoms with Gasteiger partial charge >= 0.3 is 0 Å². The second-order valence-electron chi connectivity index (χ2n) is 3.27. The van der Waals surface area contributed by atoms with Crippen LogP contribution in [0, 0.1) is 0 Å². The molecular formula is C11H11N3O2. The average molecular weight is 217 g/mol. The van der Waals surface area contributed by atoms with Gasteiger partial charge in [-0.2, -0.15) is 0 Å². The number of carbonyl (C=O) groups excluding carboxylic acids is 1. The monoisotopic (exact) mass is 217 g/mol. The zero-order chi connectivity index (χ0) is 11.4. The lowest BCUT2D eigenvalue weighted by Crippen LogP contribution is -2.02. The number of ketones is 1. The first kappa shape index (κ1) is 10.4. The highest BCUT2D eigenvalue weighted by Crippen LogP contribution is 2.07. The minimum atomic E-state index is 0.00625. The maximum Gasteiger partial charge on any atom is 0.213 e. The van der Waals surface area contributed by atoms with E-state index in [4.69, 9.17) is 4.42 Å². The number of Topliss-reactive ketones (excluding diaryl/α,β-unsaturated/α-hetero) is 1. The third-order valence-electron chi connectivity index (χ3n) is 2.07. The predicted octanol–water partition coefficient (Wildman–Crippen LogP) is 1.88. The molecule has 5 nitrogen and oxygen atoms in total. The van der Waals surface area contributed by atoms with E-state index in [2.05, 4.69) is 15.3 Å². The quantitative estimate of drug-likeness (QED) is 0.792. The zero-order valence-corrected chi connectivity index (χ0v) is 8.80. The lowest BCUT2D eigenvalue weighted by atomic mass is 10.2. The fourth-order valence-electron chi connectivity index (χ4n) is 1.21. The van der Waals surface area contributed by atoms with Crippen LogP contribution in [0.4, 0.5) is 5.82 Å². The van der Waals surface area contributed by atoms with Gasteiger partial charge in [0.2, 0.25) is 5.89 Å². The highest BCUT2D eigenvalue weighted by atomic mass is 16.3. The van der Waals surface area contributed by atoms with Gasteiger partial charge in [-0.3, -0.25) is 4.79 Å². The van der Waals surface area contributed by atoms with Crippen LogP contribution < -0.4 is 5.32 Å². The fraction of sp³-hybridized carbons (Fsp3) is 0.182. The molecule has 0 aliphatic rings. The Morgan fingerprint density at radius 2 is 2.31 bits per heavy atom. The number of hydrogen-bond acceptors (Lipinski definition) is 5. The average Bonchev–Trinajstić information content (AvgIpc) is 2.80. The number of nitrogens with one attached hydrogen (secondary N) is 1. The second kappa shape index (κ2) is 4.57. The van der Waals surface area contributed by atoms with Crippen molar-refractivity contribution in [1.29, 1.82) is 0 Å². The van der Waals surface area contributed by atoms with E-state index in [-0.39, 0.29) is 5.78 Å². The number of rotatable bonds is 4. The van der Waals surface area contributed by atoms with E-state index >= 15 is 0 Å². The molecule has 16 heavy (non-hydrogen) atoms. The summed E-state index contributed by atoms with van der Waals surface area (Å²) in [7, 11) is 0. The summed E-state index contributed by atoms with van der Waals surface area (Å²) in [4.78, 5) is 19.1. The van der Waals surface area contributed by atoms with Crippen molar-refractivity contribution in [3.05, 3.63) is 42.2 Å². The van der Waals surface area contributed by atoms with Crippen LogP contribution in [0.5, 0.6) is 0 Å². The fourth-order valence-corrected chi connectivity index (χ4v) is 1.21. The van der Waals surface area contributed by atoms with Crippen LogP contribution in [-0.2, 0) is 6.54 Å². The summed E-state index contributed by atoms with van der Waals surface area (Å²) in [6.45, 7) is 1.98. The lowest BCUT2D eigenvalue weighted by molar-refractivity contribution is 0.101. The van der Waals surface area contributed by atoms with Gasteiger partial charge in [-0.25, -0.2) is 9.97 Å². The van der Waals surface area contributed by atoms with Crippen molar-refractivity contribution in [2.45, 2.75) is 13.5 Å². The van der Waals surface area contributed by atoms with Crippen molar-refractivity contribution < 1.29 is 9.21 Å². The van der Waals surface area contributed by atoms with Crippen LogP contribution in [0.2, 0.25) is 0 Å². The molecule has 0 unspecified atom stereocenters. The summed E-state index contributed by atoms with van der Waals surface area (Å²) < 4.78 is 5.06. The van der Waals surface area contributed by atoms with Crippen molar-refractivity contribution in [2.75, 3.05) is 5.32 Å². The van der Waals surface area contributed by atoms with E-state index in [9.17, 15) is 4.79 Å². The van der Waals surface area contributed by atoms with Crippen molar-refractivity contribution in [1.82, 2.24) is 9.97 Å². The number of hydrogen-bond donors (Lipinski definition) is 1. The second-order valence-corrected chi connectivity index (χ2v) is 3.27. The van der Waals surface area contributed by atoms with Crippen LogP contribution in [0.15, 0.2) is 35.2 Å². The molecule has 0 aliphatic heterocycles. The van der Waals surface area contributed by atoms with E-state index in [1.807, 2.05) is 0 Å². The maximum absolute atomic E-state index is 11.0. The molecule has 0 saturated carbocycles. The molecule has 0 fully saturated rings. The topological polar surface area (TPSA) is 68.0 Å². The molecule has 2 aromatic rings. The summed E-state index contributed by atoms with van der Waals surface area (Å²) in [5, 5.41) is 3.03. The van der Waals surface area contributed by atoms with Gasteiger partial charge in [-0.05, 0) is 19.1 Å². The molecule has 1 N–H and O–H groups in total. The Bertz CT molecular complexity index is 462. The molecule has 0 radical (unpaired) electrons. The highest BCUT2D eigenvalue weighted by molar-refractivity contribution is 5.93. The number of nitrogens with zero attached hydrogens (tertiary/aromatic N) is 2. The molecule has 0 saturated heterocycles. The standard InChI is InChI=1S/C11H11N3O2/c1-8(15)9-2-3-10(13-6-9)14-7-11-12-4-5-16-11/h2-6H,7H2,1H3,(H,13,14). The SMILES string of the molecule is CC(=O)c1ccc(NCc2ncco2)nc1. The molecule has 0 aliphatic carbocycles. The maximum atomic E-state index is 11.0. The Morgan fingerprint density at radius 3 is 2.88 bits per heavy atom. The lowest BCUT2D eigenvalue weighted by Gasteiger charge is -2.02. The molecule has 0 aromatic carbocycles. The van der Waals surface area contributed by atoms with Crippen LogP contribution in [0.25, 0.3) is 0 Å². The van der Waals surface area contributed by atoms with Gasteiger partial charge in [0.15, 0.2) is 5.78 Å². The zero-order valence-electron chi connectivity index (χ0n) is 8.80. The number of aromatic nitrogens is 2. The third kappa shape index (κ3) is 2.44. The van der Waals surface area contributed by atoms with E-state index < -0.39 is 0 Å². The van der Waals surface area contributed by atoms with Gasteiger partial charge in [0.05, 0.1) is 12.7 Å². The molecule has 0 amide bonds. The van der Waals surface area contributed by atoms with Crippen LogP contribution in [0.3, 0.4) is 0 Å². The number of pyridine rings is 1. The minimum absolute atomic E-state index is 0.00625. The first-order chi connectivity index (χ1) is 7.75. The molecule has 0 atom stereocenters. The molecule has 2 heterocycles. The van der Waals surface area contributed by atoms with Crippen LogP contribution in [0.1, 0.15) is 23.2 Å². The normalized spacial score (nSPS) is 10.1. The van der Waals surface area contributed by atoms with Crippen LogP contribution in [-0.4, -0.2) is 15.8 Å². The molecule has 82 valence electrons. The van der Waals surface area contributed by atoms with Gasteiger partial charge in [0.1, 0.15) is 12.1 Å². The molecular weight excluding hydrogens is 206 g/mol. The van der Waals surface area contributed by atoms with Crippen LogP contribution >= 0.6 is 0 Å². The van der Waals surface area contributed by atoms with Crippen molar-refractivity contribution >= 4 is 11.6 Å². The molecule has 5 heteroatoms. The minimum Gasteiger partial charge on any atom is -0.447 e. The molecule has 0 bridgehead atoms. The van der Waals surface area contributed by atoms with E-state index in [0.29, 0.717) is 23.8 Å². The first-order valence-electron chi connectivity index (χ1n) is 4.85. The van der Waals surface area contributed by atoms with Gasteiger partial charge in [0.25, 0.3) is 0 Å². The van der Waals surface area contributed by atoms with E-state index in [1.54, 1.807) is 24.5 Å². The molecule has 2 aromatic heterocycles. The summed E-state index contributed by atoms with van der Waals surface area (Å²) >= 11 is 0. The van der Waals surface area contributed by atoms with Gasteiger partial charge in [-0.15, -0.1) is 0 Å². The van der Waals surface area contributed by atoms with Crippen molar-refractivity contribution in [2.24, 2.45) is 0 Å². The highest BCUT2D eigenvalue weighted by Gasteiger charge is 2.01. The van der Waals surface area contributed by atoms with Crippen molar-refractivity contribution in [3.63, 3.8) is 0 Å². The summed E-state index contributed by atoms with van der Waals surface area (Å²) in [6.07, 6.45) is 4.65. The third-order valence-corrected chi connectivity index (χ3v) is 2.07. The summed E-state index contributed by atoms with van der Waals surface area (Å²) in [5.74, 6) is 1.28. The largest absolute Gasteiger partial charge is 0.447 e. The van der Waals surface area contributed by atoms with Gasteiger partial charge < -0.3 is 9.73 Å². The van der Waals surface area contributed by atoms with Gasteiger partial charge in [-0.1, -0.05) is 0 Å². The Morgan fingerprint density at radius 1 is 1.44 bits per heavy atom. The van der Waals surface area contributed by atoms with Gasteiger partial charge in [0, 0.05) is 11.8 Å². The Balaban J connectivity index is 1.98. The predicted molar refractivity (Wildman–Crippen MR) is 58.1 cm³/mol. The molecule has 0 spiro atoms.